The van der Waals surface area contributed by atoms with Gasteiger partial charge < -0.3 is 9.47 Å². The van der Waals surface area contributed by atoms with Crippen molar-refractivity contribution in [1.29, 1.82) is 0 Å². The summed E-state index contributed by atoms with van der Waals surface area (Å²) >= 11 is 0. The van der Waals surface area contributed by atoms with Crippen LogP contribution in [0.2, 0.25) is 0 Å². The van der Waals surface area contributed by atoms with E-state index in [1.807, 2.05) is 56.4 Å². The van der Waals surface area contributed by atoms with Crippen molar-refractivity contribution in [2.45, 2.75) is 13.8 Å². The van der Waals surface area contributed by atoms with Crippen LogP contribution in [0.1, 0.15) is 25.0 Å². The van der Waals surface area contributed by atoms with Crippen LogP contribution in [0.25, 0.3) is 12.2 Å². The van der Waals surface area contributed by atoms with Crippen LogP contribution in [0, 0.1) is 0 Å². The first kappa shape index (κ1) is 18.7. The predicted molar refractivity (Wildman–Crippen MR) is 98.0 cm³/mol. The Labute approximate surface area is 148 Å². The molecule has 5 nitrogen and oxygen atoms in total. The monoisotopic (exact) mass is 341 g/mol. The lowest BCUT2D eigenvalue weighted by atomic mass is 10.1. The fourth-order valence-electron chi connectivity index (χ4n) is 2.41. The molecule has 0 unspecified atom stereocenters. The summed E-state index contributed by atoms with van der Waals surface area (Å²) in [5.74, 6) is 0.217. The van der Waals surface area contributed by atoms with E-state index in [1.54, 1.807) is 0 Å². The Balaban J connectivity index is 1.78. The zero-order valence-electron chi connectivity index (χ0n) is 14.6. The molecule has 5 heteroatoms. The van der Waals surface area contributed by atoms with Crippen molar-refractivity contribution in [3.05, 3.63) is 53.6 Å². The first-order valence-electron chi connectivity index (χ1n) is 8.29. The summed E-state index contributed by atoms with van der Waals surface area (Å²) < 4.78 is 11.3. The number of benzene rings is 1. The molecular weight excluding hydrogens is 318 g/mol. The zero-order chi connectivity index (χ0) is 18.1. The number of hydrogen-bond donors (Lipinski definition) is 0. The number of carbonyl (C=O) groups is 2. The maximum Gasteiger partial charge on any atom is 0.253 e. The summed E-state index contributed by atoms with van der Waals surface area (Å²) in [5.41, 5.74) is 2.08. The maximum atomic E-state index is 11.4. The summed E-state index contributed by atoms with van der Waals surface area (Å²) in [7, 11) is 0. The van der Waals surface area contributed by atoms with Crippen LogP contribution in [-0.4, -0.2) is 43.1 Å². The Bertz CT molecular complexity index is 686. The molecule has 0 spiro atoms. The van der Waals surface area contributed by atoms with Gasteiger partial charge in [0.2, 0.25) is 0 Å². The summed E-state index contributed by atoms with van der Waals surface area (Å²) in [6, 6.07) is 6.04. The third-order valence-electron chi connectivity index (χ3n) is 3.59. The third-order valence-corrected chi connectivity index (χ3v) is 3.59. The molecule has 1 aromatic carbocycles. The summed E-state index contributed by atoms with van der Waals surface area (Å²) in [5, 5.41) is 0. The van der Waals surface area contributed by atoms with Crippen LogP contribution in [0.3, 0.4) is 0 Å². The normalized spacial score (nSPS) is 14.4. The van der Waals surface area contributed by atoms with Crippen LogP contribution in [0.15, 0.2) is 42.5 Å². The first-order chi connectivity index (χ1) is 12.2. The fourth-order valence-corrected chi connectivity index (χ4v) is 2.41. The molecule has 2 rings (SSSR count). The van der Waals surface area contributed by atoms with Gasteiger partial charge in [0.25, 0.3) is 11.8 Å². The molecule has 0 saturated carbocycles. The highest BCUT2D eigenvalue weighted by Gasteiger charge is 2.22. The number of imide groups is 1. The number of carbonyl (C=O) groups excluding carboxylic acids is 2. The second kappa shape index (κ2) is 9.59. The predicted octanol–water partition coefficient (Wildman–Crippen LogP) is 3.07. The molecule has 2 amide bonds. The molecule has 132 valence electrons. The van der Waals surface area contributed by atoms with Crippen LogP contribution >= 0.6 is 0 Å². The Kier molecular flexibility index (Phi) is 7.16. The Morgan fingerprint density at radius 3 is 2.36 bits per heavy atom. The summed E-state index contributed by atoms with van der Waals surface area (Å²) in [6.45, 7) is 5.26. The van der Waals surface area contributed by atoms with E-state index in [2.05, 4.69) is 0 Å². The molecular formula is C20H23NO4. The number of ether oxygens (including phenoxy) is 2. The summed E-state index contributed by atoms with van der Waals surface area (Å²) in [4.78, 5) is 24.0. The second-order valence-corrected chi connectivity index (χ2v) is 5.42. The van der Waals surface area contributed by atoms with Gasteiger partial charge in [0.05, 0.1) is 19.8 Å². The largest absolute Gasteiger partial charge is 0.491 e. The van der Waals surface area contributed by atoms with E-state index in [0.717, 1.165) is 21.8 Å². The molecule has 0 aromatic heterocycles. The highest BCUT2D eigenvalue weighted by atomic mass is 16.5. The van der Waals surface area contributed by atoms with Gasteiger partial charge in [-0.05, 0) is 25.5 Å². The molecule has 0 saturated heterocycles. The zero-order valence-corrected chi connectivity index (χ0v) is 14.6. The van der Waals surface area contributed by atoms with Crippen LogP contribution in [0.5, 0.6) is 5.75 Å². The molecule has 0 atom stereocenters. The Hall–Kier alpha value is -2.66. The van der Waals surface area contributed by atoms with Crippen molar-refractivity contribution < 1.29 is 19.1 Å². The van der Waals surface area contributed by atoms with Crippen molar-refractivity contribution in [1.82, 2.24) is 4.90 Å². The average Bonchev–Trinajstić information content (AvgIpc) is 2.92. The number of nitrogens with zero attached hydrogens (tertiary/aromatic N) is 1. The second-order valence-electron chi connectivity index (χ2n) is 5.42. The average molecular weight is 341 g/mol. The number of amides is 2. The molecule has 1 aliphatic rings. The standard InChI is InChI=1S/C20H23NO4/c1-3-5-16-7-8-17(6-4-2)18(15-16)25-14-13-24-12-11-21-19(22)9-10-20(21)23/h3-10,15H,11-14H2,1-2H3/b5-3+,6-4+. The van der Waals surface area contributed by atoms with Crippen LogP contribution in [0.4, 0.5) is 0 Å². The highest BCUT2D eigenvalue weighted by Crippen LogP contribution is 2.23. The van der Waals surface area contributed by atoms with E-state index in [4.69, 9.17) is 9.47 Å². The minimum Gasteiger partial charge on any atom is -0.491 e. The van der Waals surface area contributed by atoms with Gasteiger partial charge in [-0.2, -0.15) is 0 Å². The van der Waals surface area contributed by atoms with E-state index in [9.17, 15) is 9.59 Å². The van der Waals surface area contributed by atoms with Crippen molar-refractivity contribution in [3.63, 3.8) is 0 Å². The van der Waals surface area contributed by atoms with Gasteiger partial charge in [-0.15, -0.1) is 0 Å². The molecule has 1 aliphatic heterocycles. The SMILES string of the molecule is C/C=C/c1ccc(/C=C/C)c(OCCOCCN2C(=O)C=CC2=O)c1. The molecule has 1 aromatic rings. The fraction of sp³-hybridized carbons (Fsp3) is 0.300. The van der Waals surface area contributed by atoms with Gasteiger partial charge in [-0.25, -0.2) is 0 Å². The molecule has 0 fully saturated rings. The lowest BCUT2D eigenvalue weighted by molar-refractivity contribution is -0.137. The molecule has 1 heterocycles. The van der Waals surface area contributed by atoms with Gasteiger partial charge in [-0.1, -0.05) is 36.4 Å². The van der Waals surface area contributed by atoms with Gasteiger partial charge in [0.15, 0.2) is 0 Å². The Morgan fingerprint density at radius 2 is 1.68 bits per heavy atom. The van der Waals surface area contributed by atoms with Crippen molar-refractivity contribution in [2.24, 2.45) is 0 Å². The van der Waals surface area contributed by atoms with Gasteiger partial charge in [-0.3, -0.25) is 14.5 Å². The molecule has 0 aliphatic carbocycles. The van der Waals surface area contributed by atoms with Gasteiger partial charge in [0, 0.05) is 17.7 Å². The van der Waals surface area contributed by atoms with Crippen LogP contribution in [-0.2, 0) is 14.3 Å². The smallest absolute Gasteiger partial charge is 0.253 e. The Morgan fingerprint density at radius 1 is 0.960 bits per heavy atom. The third kappa shape index (κ3) is 5.43. The van der Waals surface area contributed by atoms with Crippen molar-refractivity contribution >= 4 is 24.0 Å². The van der Waals surface area contributed by atoms with Crippen LogP contribution < -0.4 is 4.74 Å². The topological polar surface area (TPSA) is 55.8 Å². The number of rotatable bonds is 9. The van der Waals surface area contributed by atoms with E-state index in [0.29, 0.717) is 19.8 Å². The molecule has 25 heavy (non-hydrogen) atoms. The lowest BCUT2D eigenvalue weighted by Gasteiger charge is -2.14. The maximum absolute atomic E-state index is 11.4. The van der Waals surface area contributed by atoms with Crippen molar-refractivity contribution in [3.8, 4) is 5.75 Å². The van der Waals surface area contributed by atoms with E-state index >= 15 is 0 Å². The van der Waals surface area contributed by atoms with E-state index < -0.39 is 0 Å². The highest BCUT2D eigenvalue weighted by molar-refractivity contribution is 6.12. The van der Waals surface area contributed by atoms with E-state index in [1.165, 1.54) is 12.2 Å². The first-order valence-corrected chi connectivity index (χ1v) is 8.29. The molecule has 0 N–H and O–H groups in total. The minimum absolute atomic E-state index is 0.255. The quantitative estimate of drug-likeness (QED) is 0.512. The molecule has 0 radical (unpaired) electrons. The molecule has 0 bridgehead atoms. The minimum atomic E-state index is -0.290. The van der Waals surface area contributed by atoms with Gasteiger partial charge >= 0.3 is 0 Å². The van der Waals surface area contributed by atoms with E-state index in [-0.39, 0.29) is 18.4 Å². The summed E-state index contributed by atoms with van der Waals surface area (Å²) in [6.07, 6.45) is 10.5. The van der Waals surface area contributed by atoms with Gasteiger partial charge in [0.1, 0.15) is 12.4 Å². The lowest BCUT2D eigenvalue weighted by Crippen LogP contribution is -2.33. The number of hydrogen-bond acceptors (Lipinski definition) is 4. The number of allylic oxidation sites excluding steroid dienone is 2. The van der Waals surface area contributed by atoms with Crippen molar-refractivity contribution in [2.75, 3.05) is 26.4 Å².